The average molecular weight is 402 g/mol. The first-order valence-corrected chi connectivity index (χ1v) is 9.43. The number of rotatable bonds is 5. The van der Waals surface area contributed by atoms with Gasteiger partial charge in [-0.25, -0.2) is 9.38 Å². The van der Waals surface area contributed by atoms with E-state index in [9.17, 15) is 4.39 Å². The Morgan fingerprint density at radius 3 is 2.27 bits per heavy atom. The molecule has 130 valence electrons. The predicted molar refractivity (Wildman–Crippen MR) is 110 cm³/mol. The minimum absolute atomic E-state index is 0.250. The van der Waals surface area contributed by atoms with Crippen molar-refractivity contribution in [3.05, 3.63) is 106 Å². The zero-order valence-electron chi connectivity index (χ0n) is 13.6. The molecule has 0 radical (unpaired) electrons. The van der Waals surface area contributed by atoms with Crippen molar-refractivity contribution in [3.63, 3.8) is 0 Å². The van der Waals surface area contributed by atoms with E-state index in [4.69, 9.17) is 23.2 Å². The van der Waals surface area contributed by atoms with Gasteiger partial charge in [-0.3, -0.25) is 0 Å². The van der Waals surface area contributed by atoms with Crippen LogP contribution in [0.5, 0.6) is 0 Å². The fraction of sp³-hybridized carbons (Fsp3) is 0. The van der Waals surface area contributed by atoms with Gasteiger partial charge in [-0.15, -0.1) is 0 Å². The summed E-state index contributed by atoms with van der Waals surface area (Å²) in [5.41, 5.74) is 2.37. The maximum Gasteiger partial charge on any atom is 0.123 e. The molecule has 3 aromatic rings. The maximum atomic E-state index is 13.0. The third-order valence-electron chi connectivity index (χ3n) is 3.48. The summed E-state index contributed by atoms with van der Waals surface area (Å²) in [6.07, 6.45) is 1.90. The highest BCUT2D eigenvalue weighted by molar-refractivity contribution is 8.02. The molecule has 0 bridgehead atoms. The number of allylic oxidation sites excluding steroid dienone is 1. The molecule has 0 aliphatic heterocycles. The molecule has 0 aromatic heterocycles. The molecule has 3 aromatic carbocycles. The average Bonchev–Trinajstić information content (AvgIpc) is 2.65. The molecule has 0 aliphatic carbocycles. The van der Waals surface area contributed by atoms with Gasteiger partial charge in [0.2, 0.25) is 0 Å². The fourth-order valence-corrected chi connectivity index (χ4v) is 3.13. The smallest absolute Gasteiger partial charge is 0.123 e. The Kier molecular flexibility index (Phi) is 6.51. The van der Waals surface area contributed by atoms with Crippen LogP contribution in [-0.4, -0.2) is 5.71 Å². The van der Waals surface area contributed by atoms with Crippen LogP contribution < -0.4 is 0 Å². The number of hydrogen-bond acceptors (Lipinski definition) is 2. The molecule has 0 unspecified atom stereocenters. The van der Waals surface area contributed by atoms with Gasteiger partial charge in [-0.1, -0.05) is 59.2 Å². The predicted octanol–water partition coefficient (Wildman–Crippen LogP) is 7.56. The second kappa shape index (κ2) is 9.04. The third-order valence-corrected chi connectivity index (χ3v) is 4.87. The van der Waals surface area contributed by atoms with E-state index in [1.54, 1.807) is 18.2 Å². The van der Waals surface area contributed by atoms with Crippen molar-refractivity contribution in [2.45, 2.75) is 4.90 Å². The van der Waals surface area contributed by atoms with E-state index in [0.717, 1.165) is 16.2 Å². The molecule has 0 heterocycles. The SMILES string of the molecule is Fc1ccc(SC=CC(=Nc2ccccc2Cl)c2ccc(Cl)cc2)cc1. The molecule has 0 N–H and O–H groups in total. The lowest BCUT2D eigenvalue weighted by atomic mass is 10.1. The van der Waals surface area contributed by atoms with Gasteiger partial charge in [-0.2, -0.15) is 0 Å². The lowest BCUT2D eigenvalue weighted by molar-refractivity contribution is 0.626. The highest BCUT2D eigenvalue weighted by atomic mass is 35.5. The van der Waals surface area contributed by atoms with Gasteiger partial charge in [-0.05, 0) is 60.0 Å². The monoisotopic (exact) mass is 401 g/mol. The lowest BCUT2D eigenvalue weighted by Gasteiger charge is -2.04. The first-order valence-electron chi connectivity index (χ1n) is 7.80. The van der Waals surface area contributed by atoms with Crippen molar-refractivity contribution < 1.29 is 4.39 Å². The Labute approximate surface area is 166 Å². The highest BCUT2D eigenvalue weighted by Crippen LogP contribution is 2.26. The van der Waals surface area contributed by atoms with Crippen LogP contribution in [0.4, 0.5) is 10.1 Å². The summed E-state index contributed by atoms with van der Waals surface area (Å²) in [7, 11) is 0. The van der Waals surface area contributed by atoms with Gasteiger partial charge in [0, 0.05) is 15.5 Å². The topological polar surface area (TPSA) is 12.4 Å². The molecule has 5 heteroatoms. The van der Waals surface area contributed by atoms with Crippen LogP contribution >= 0.6 is 35.0 Å². The van der Waals surface area contributed by atoms with Gasteiger partial charge in [0.05, 0.1) is 16.4 Å². The first-order chi connectivity index (χ1) is 12.6. The number of nitrogens with zero attached hydrogens (tertiary/aromatic N) is 1. The van der Waals surface area contributed by atoms with Crippen molar-refractivity contribution in [2.24, 2.45) is 4.99 Å². The van der Waals surface area contributed by atoms with Crippen molar-refractivity contribution in [1.29, 1.82) is 0 Å². The van der Waals surface area contributed by atoms with E-state index in [0.29, 0.717) is 15.7 Å². The van der Waals surface area contributed by atoms with Crippen LogP contribution in [-0.2, 0) is 0 Å². The normalized spacial score (nSPS) is 11.9. The summed E-state index contributed by atoms with van der Waals surface area (Å²) in [4.78, 5) is 5.63. The Morgan fingerprint density at radius 1 is 0.885 bits per heavy atom. The summed E-state index contributed by atoms with van der Waals surface area (Å²) in [6.45, 7) is 0. The molecule has 3 rings (SSSR count). The molecule has 0 atom stereocenters. The molecule has 0 saturated carbocycles. The zero-order chi connectivity index (χ0) is 18.4. The number of hydrogen-bond donors (Lipinski definition) is 0. The van der Waals surface area contributed by atoms with E-state index >= 15 is 0 Å². The number of thioether (sulfide) groups is 1. The largest absolute Gasteiger partial charge is 0.247 e. The number of aliphatic imine (C=N–C) groups is 1. The zero-order valence-corrected chi connectivity index (χ0v) is 15.9. The summed E-state index contributed by atoms with van der Waals surface area (Å²) >= 11 is 13.7. The molecule has 0 saturated heterocycles. The Hall–Kier alpha value is -2.07. The summed E-state index contributed by atoms with van der Waals surface area (Å²) in [5.74, 6) is -0.250. The number of para-hydroxylation sites is 1. The minimum atomic E-state index is -0.250. The maximum absolute atomic E-state index is 13.0. The standard InChI is InChI=1S/C21H14Cl2FNS/c22-16-7-5-15(6-8-16)20(25-21-4-2-1-3-19(21)23)13-14-26-18-11-9-17(24)10-12-18/h1-14H. The van der Waals surface area contributed by atoms with Gasteiger partial charge < -0.3 is 0 Å². The second-order valence-corrected chi connectivity index (χ2v) is 7.15. The van der Waals surface area contributed by atoms with E-state index in [2.05, 4.69) is 4.99 Å². The Balaban J connectivity index is 1.90. The Morgan fingerprint density at radius 2 is 1.58 bits per heavy atom. The van der Waals surface area contributed by atoms with Gasteiger partial charge in [0.25, 0.3) is 0 Å². The molecule has 0 aliphatic rings. The van der Waals surface area contributed by atoms with E-state index in [-0.39, 0.29) is 5.82 Å². The van der Waals surface area contributed by atoms with Gasteiger partial charge in [0.1, 0.15) is 5.82 Å². The number of halogens is 3. The Bertz CT molecular complexity index is 935. The number of benzene rings is 3. The van der Waals surface area contributed by atoms with Gasteiger partial charge >= 0.3 is 0 Å². The van der Waals surface area contributed by atoms with Crippen molar-refractivity contribution in [1.82, 2.24) is 0 Å². The third kappa shape index (κ3) is 5.21. The van der Waals surface area contributed by atoms with Crippen molar-refractivity contribution in [3.8, 4) is 0 Å². The van der Waals surface area contributed by atoms with E-state index in [1.165, 1.54) is 23.9 Å². The molecular formula is C21H14Cl2FNS. The molecule has 0 fully saturated rings. The minimum Gasteiger partial charge on any atom is -0.247 e. The van der Waals surface area contributed by atoms with Crippen molar-refractivity contribution in [2.75, 3.05) is 0 Å². The summed E-state index contributed by atoms with van der Waals surface area (Å²) < 4.78 is 13.0. The van der Waals surface area contributed by atoms with Crippen LogP contribution in [0, 0.1) is 5.82 Å². The van der Waals surface area contributed by atoms with Crippen molar-refractivity contribution >= 4 is 46.4 Å². The van der Waals surface area contributed by atoms with Gasteiger partial charge in [0.15, 0.2) is 0 Å². The molecule has 26 heavy (non-hydrogen) atoms. The summed E-state index contributed by atoms with van der Waals surface area (Å²) in [5, 5.41) is 3.16. The summed E-state index contributed by atoms with van der Waals surface area (Å²) in [6, 6.07) is 21.2. The van der Waals surface area contributed by atoms with Crippen LogP contribution in [0.3, 0.4) is 0 Å². The van der Waals surface area contributed by atoms with Crippen LogP contribution in [0.15, 0.2) is 94.2 Å². The molecular weight excluding hydrogens is 388 g/mol. The van der Waals surface area contributed by atoms with Crippen LogP contribution in [0.1, 0.15) is 5.56 Å². The van der Waals surface area contributed by atoms with Crippen LogP contribution in [0.25, 0.3) is 0 Å². The highest BCUT2D eigenvalue weighted by Gasteiger charge is 2.03. The van der Waals surface area contributed by atoms with E-state index in [1.807, 2.05) is 53.9 Å². The van der Waals surface area contributed by atoms with E-state index < -0.39 is 0 Å². The molecule has 0 spiro atoms. The van der Waals surface area contributed by atoms with Crippen LogP contribution in [0.2, 0.25) is 10.0 Å². The first kappa shape index (κ1) is 18.7. The lowest BCUT2D eigenvalue weighted by Crippen LogP contribution is -1.96. The fourth-order valence-electron chi connectivity index (χ4n) is 2.18. The molecule has 1 nitrogen and oxygen atoms in total. The molecule has 0 amide bonds. The second-order valence-electron chi connectivity index (χ2n) is 5.33. The quantitative estimate of drug-likeness (QED) is 0.317.